The van der Waals surface area contributed by atoms with Gasteiger partial charge >= 0.3 is 0 Å². The highest BCUT2D eigenvalue weighted by Crippen LogP contribution is 2.34. The van der Waals surface area contributed by atoms with Crippen molar-refractivity contribution >= 4 is 16.8 Å². The van der Waals surface area contributed by atoms with Crippen LogP contribution in [0.3, 0.4) is 0 Å². The number of ketones is 1. The highest BCUT2D eigenvalue weighted by molar-refractivity contribution is 5.84. The van der Waals surface area contributed by atoms with Crippen molar-refractivity contribution < 1.29 is 4.79 Å². The molecule has 88 valence electrons. The van der Waals surface area contributed by atoms with Crippen LogP contribution in [0, 0.1) is 11.8 Å². The maximum atomic E-state index is 12.0. The van der Waals surface area contributed by atoms with Gasteiger partial charge in [-0.3, -0.25) is 4.79 Å². The predicted molar refractivity (Wildman–Crippen MR) is 66.7 cm³/mol. The van der Waals surface area contributed by atoms with Crippen molar-refractivity contribution in [2.45, 2.75) is 26.2 Å². The van der Waals surface area contributed by atoms with E-state index in [0.29, 0.717) is 12.2 Å². The molecule has 0 amide bonds. The normalized spacial score (nSPS) is 23.6. The number of nitrogens with one attached hydrogen (secondary N) is 1. The minimum absolute atomic E-state index is 0.276. The molecule has 17 heavy (non-hydrogen) atoms. The number of hydrogen-bond acceptors (Lipinski definition) is 2. The number of rotatable bonds is 3. The van der Waals surface area contributed by atoms with Crippen LogP contribution in [0.4, 0.5) is 0 Å². The molecule has 1 aliphatic carbocycles. The van der Waals surface area contributed by atoms with E-state index in [-0.39, 0.29) is 5.92 Å². The third kappa shape index (κ3) is 1.97. The van der Waals surface area contributed by atoms with Gasteiger partial charge in [0.05, 0.1) is 17.5 Å². The van der Waals surface area contributed by atoms with Crippen molar-refractivity contribution in [1.82, 2.24) is 9.97 Å². The van der Waals surface area contributed by atoms with Gasteiger partial charge in [0, 0.05) is 5.92 Å². The molecule has 3 heteroatoms. The van der Waals surface area contributed by atoms with E-state index in [1.54, 1.807) is 0 Å². The molecule has 3 rings (SSSR count). The van der Waals surface area contributed by atoms with Gasteiger partial charge in [-0.15, -0.1) is 0 Å². The number of nitrogens with zero attached hydrogens (tertiary/aromatic N) is 1. The maximum Gasteiger partial charge on any atom is 0.143 e. The molecule has 1 N–H and O–H groups in total. The highest BCUT2D eigenvalue weighted by Gasteiger charge is 2.31. The summed E-state index contributed by atoms with van der Waals surface area (Å²) in [6.45, 7) is 2.20. The highest BCUT2D eigenvalue weighted by atomic mass is 16.1. The Morgan fingerprint density at radius 2 is 2.18 bits per heavy atom. The first-order chi connectivity index (χ1) is 8.22. The second-order valence-corrected chi connectivity index (χ2v) is 5.12. The summed E-state index contributed by atoms with van der Waals surface area (Å²) in [6.07, 6.45) is 2.56. The van der Waals surface area contributed by atoms with Gasteiger partial charge in [0.25, 0.3) is 0 Å². The van der Waals surface area contributed by atoms with Crippen LogP contribution < -0.4 is 0 Å². The van der Waals surface area contributed by atoms with Gasteiger partial charge in [0.2, 0.25) is 0 Å². The number of Topliss-reactive ketones (excluding diaryl/α,β-unsaturated/α-hetero) is 1. The molecule has 1 aromatic carbocycles. The number of fused-ring (bicyclic) bond motifs is 1. The quantitative estimate of drug-likeness (QED) is 0.878. The van der Waals surface area contributed by atoms with Gasteiger partial charge in [0.1, 0.15) is 11.6 Å². The standard InChI is InChI=1S/C14H16N2O/c1-9-6-10(7-9)13(17)8-14-15-11-4-2-3-5-12(11)16-14/h2-5,9-10H,6-8H2,1H3,(H,15,16). The van der Waals surface area contributed by atoms with Gasteiger partial charge in [0.15, 0.2) is 0 Å². The largest absolute Gasteiger partial charge is 0.342 e. The number of carbonyl (C=O) groups excluding carboxylic acids is 1. The summed E-state index contributed by atoms with van der Waals surface area (Å²) < 4.78 is 0. The molecular formula is C14H16N2O. The van der Waals surface area contributed by atoms with Crippen molar-refractivity contribution in [2.75, 3.05) is 0 Å². The number of H-pyrrole nitrogens is 1. The topological polar surface area (TPSA) is 45.8 Å². The van der Waals surface area contributed by atoms with Crippen molar-refractivity contribution in [2.24, 2.45) is 11.8 Å². The first kappa shape index (κ1) is 10.5. The lowest BCUT2D eigenvalue weighted by Crippen LogP contribution is -2.30. The van der Waals surface area contributed by atoms with Crippen molar-refractivity contribution in [3.63, 3.8) is 0 Å². The van der Waals surface area contributed by atoms with Crippen LogP contribution in [-0.4, -0.2) is 15.8 Å². The number of imidazole rings is 1. The third-order valence-corrected chi connectivity index (χ3v) is 3.61. The monoisotopic (exact) mass is 228 g/mol. The summed E-state index contributed by atoms with van der Waals surface area (Å²) in [5.41, 5.74) is 1.95. The van der Waals surface area contributed by atoms with Crippen LogP contribution in [0.5, 0.6) is 0 Å². The molecule has 0 bridgehead atoms. The first-order valence-electron chi connectivity index (χ1n) is 6.18. The fourth-order valence-electron chi connectivity index (χ4n) is 2.56. The molecule has 0 spiro atoms. The van der Waals surface area contributed by atoms with Gasteiger partial charge < -0.3 is 4.98 Å². The molecule has 2 aromatic rings. The fourth-order valence-corrected chi connectivity index (χ4v) is 2.56. The number of carbonyl (C=O) groups is 1. The molecule has 1 aliphatic rings. The van der Waals surface area contributed by atoms with Gasteiger partial charge in [-0.2, -0.15) is 0 Å². The SMILES string of the molecule is CC1CC(C(=O)Cc2nc3ccccc3[nH]2)C1. The molecule has 0 saturated heterocycles. The molecule has 0 atom stereocenters. The van der Waals surface area contributed by atoms with Crippen LogP contribution in [0.1, 0.15) is 25.6 Å². The van der Waals surface area contributed by atoms with Crippen LogP contribution in [0.25, 0.3) is 11.0 Å². The van der Waals surface area contributed by atoms with Gasteiger partial charge in [-0.05, 0) is 30.9 Å². The van der Waals surface area contributed by atoms with E-state index in [1.165, 1.54) is 0 Å². The number of aromatic amines is 1. The van der Waals surface area contributed by atoms with Crippen molar-refractivity contribution in [3.8, 4) is 0 Å². The molecule has 3 nitrogen and oxygen atoms in total. The number of para-hydroxylation sites is 2. The van der Waals surface area contributed by atoms with Crippen LogP contribution >= 0.6 is 0 Å². The molecule has 1 aromatic heterocycles. The third-order valence-electron chi connectivity index (χ3n) is 3.61. The smallest absolute Gasteiger partial charge is 0.143 e. The summed E-state index contributed by atoms with van der Waals surface area (Å²) in [6, 6.07) is 7.88. The predicted octanol–water partition coefficient (Wildman–Crippen LogP) is 2.72. The molecule has 1 fully saturated rings. The molecule has 1 heterocycles. The van der Waals surface area contributed by atoms with E-state index in [0.717, 1.165) is 35.6 Å². The fraction of sp³-hybridized carbons (Fsp3) is 0.429. The minimum atomic E-state index is 0.276. The van der Waals surface area contributed by atoms with E-state index < -0.39 is 0 Å². The van der Waals surface area contributed by atoms with Crippen molar-refractivity contribution in [1.29, 1.82) is 0 Å². The number of hydrogen-bond donors (Lipinski definition) is 1. The second kappa shape index (κ2) is 3.99. The van der Waals surface area contributed by atoms with E-state index in [9.17, 15) is 4.79 Å². The molecule has 0 unspecified atom stereocenters. The van der Waals surface area contributed by atoms with Gasteiger partial charge in [-0.1, -0.05) is 19.1 Å². The van der Waals surface area contributed by atoms with E-state index in [2.05, 4.69) is 16.9 Å². The summed E-state index contributed by atoms with van der Waals surface area (Å²) in [5, 5.41) is 0. The molecular weight excluding hydrogens is 212 g/mol. The van der Waals surface area contributed by atoms with Crippen LogP contribution in [-0.2, 0) is 11.2 Å². The summed E-state index contributed by atoms with van der Waals surface area (Å²) in [4.78, 5) is 19.6. The Morgan fingerprint density at radius 3 is 2.88 bits per heavy atom. The first-order valence-corrected chi connectivity index (χ1v) is 6.18. The number of aromatic nitrogens is 2. The lowest BCUT2D eigenvalue weighted by Gasteiger charge is -2.31. The second-order valence-electron chi connectivity index (χ2n) is 5.12. The lowest BCUT2D eigenvalue weighted by atomic mass is 9.73. The molecule has 0 radical (unpaired) electrons. The van der Waals surface area contributed by atoms with E-state index in [1.807, 2.05) is 24.3 Å². The summed E-state index contributed by atoms with van der Waals surface area (Å²) >= 11 is 0. The maximum absolute atomic E-state index is 12.0. The molecule has 1 saturated carbocycles. The minimum Gasteiger partial charge on any atom is -0.342 e. The Morgan fingerprint density at radius 1 is 1.41 bits per heavy atom. The Balaban J connectivity index is 1.74. The average Bonchev–Trinajstić information content (AvgIpc) is 2.66. The van der Waals surface area contributed by atoms with Gasteiger partial charge in [-0.25, -0.2) is 4.98 Å². The Hall–Kier alpha value is -1.64. The Bertz CT molecular complexity index is 519. The average molecular weight is 228 g/mol. The molecule has 0 aliphatic heterocycles. The summed E-state index contributed by atoms with van der Waals surface area (Å²) in [7, 11) is 0. The Kier molecular flexibility index (Phi) is 2.46. The number of benzene rings is 1. The van der Waals surface area contributed by atoms with E-state index in [4.69, 9.17) is 0 Å². The van der Waals surface area contributed by atoms with Crippen LogP contribution in [0.15, 0.2) is 24.3 Å². The zero-order valence-electron chi connectivity index (χ0n) is 9.94. The van der Waals surface area contributed by atoms with E-state index >= 15 is 0 Å². The van der Waals surface area contributed by atoms with Crippen LogP contribution in [0.2, 0.25) is 0 Å². The zero-order valence-corrected chi connectivity index (χ0v) is 9.94. The zero-order chi connectivity index (χ0) is 11.8. The Labute approximate surface area is 100 Å². The van der Waals surface area contributed by atoms with Crippen molar-refractivity contribution in [3.05, 3.63) is 30.1 Å². The lowest BCUT2D eigenvalue weighted by molar-refractivity contribution is -0.126. The summed E-state index contributed by atoms with van der Waals surface area (Å²) in [5.74, 6) is 2.13.